The Hall–Kier alpha value is -2.15. The number of aryl methyl sites for hydroxylation is 1. The maximum absolute atomic E-state index is 5.04. The minimum Gasteiger partial charge on any atom is -0.377 e. The molecule has 0 bridgehead atoms. The fourth-order valence-electron chi connectivity index (χ4n) is 1.52. The zero-order valence-electron chi connectivity index (χ0n) is 10.6. The van der Waals surface area contributed by atoms with E-state index < -0.39 is 0 Å². The van der Waals surface area contributed by atoms with Crippen LogP contribution in [0, 0.1) is 0 Å². The molecule has 2 heterocycles. The maximum Gasteiger partial charge on any atom is 0.158 e. The van der Waals surface area contributed by atoms with Crippen LogP contribution in [-0.2, 0) is 18.4 Å². The highest BCUT2D eigenvalue weighted by Gasteiger charge is 2.05. The Morgan fingerprint density at radius 1 is 1.33 bits per heavy atom. The van der Waals surface area contributed by atoms with Crippen molar-refractivity contribution in [3.63, 3.8) is 0 Å². The molecule has 2 aromatic heterocycles. The molecule has 2 N–H and O–H groups in total. The first kappa shape index (κ1) is 12.3. The molecule has 0 saturated heterocycles. The summed E-state index contributed by atoms with van der Waals surface area (Å²) >= 11 is 0. The first-order valence-electron chi connectivity index (χ1n) is 5.51. The number of anilines is 3. The van der Waals surface area contributed by atoms with Gasteiger partial charge in [-0.25, -0.2) is 9.97 Å². The second-order valence-corrected chi connectivity index (χ2v) is 3.77. The van der Waals surface area contributed by atoms with E-state index in [2.05, 4.69) is 25.7 Å². The fourth-order valence-corrected chi connectivity index (χ4v) is 1.52. The van der Waals surface area contributed by atoms with Crippen LogP contribution in [0.5, 0.6) is 0 Å². The molecule has 0 radical (unpaired) electrons. The molecule has 2 aromatic rings. The van der Waals surface area contributed by atoms with E-state index in [0.717, 1.165) is 11.5 Å². The van der Waals surface area contributed by atoms with Gasteiger partial charge in [-0.15, -0.1) is 0 Å². The standard InChI is InChI=1S/C11H16N6O/c1-12-9-4-10(16-11(15-9)7-18-3)14-8-5-13-17(2)6-8/h4-6H,7H2,1-3H3,(H2,12,14,15,16). The van der Waals surface area contributed by atoms with E-state index in [0.29, 0.717) is 18.2 Å². The summed E-state index contributed by atoms with van der Waals surface area (Å²) < 4.78 is 6.76. The molecule has 18 heavy (non-hydrogen) atoms. The van der Waals surface area contributed by atoms with Crippen molar-refractivity contribution in [3.8, 4) is 0 Å². The van der Waals surface area contributed by atoms with Crippen molar-refractivity contribution < 1.29 is 4.74 Å². The predicted octanol–water partition coefficient (Wildman–Crippen LogP) is 1.14. The lowest BCUT2D eigenvalue weighted by molar-refractivity contribution is 0.178. The van der Waals surface area contributed by atoms with Gasteiger partial charge in [-0.1, -0.05) is 0 Å². The number of rotatable bonds is 5. The molecule has 0 aromatic carbocycles. The van der Waals surface area contributed by atoms with Crippen LogP contribution in [-0.4, -0.2) is 33.9 Å². The van der Waals surface area contributed by atoms with Gasteiger partial charge in [0.15, 0.2) is 5.82 Å². The quantitative estimate of drug-likeness (QED) is 0.826. The van der Waals surface area contributed by atoms with E-state index in [9.17, 15) is 0 Å². The van der Waals surface area contributed by atoms with Crippen molar-refractivity contribution in [2.24, 2.45) is 7.05 Å². The molecule has 0 aliphatic carbocycles. The van der Waals surface area contributed by atoms with Crippen molar-refractivity contribution in [1.29, 1.82) is 0 Å². The van der Waals surface area contributed by atoms with Gasteiger partial charge in [-0.3, -0.25) is 4.68 Å². The molecular formula is C11H16N6O. The summed E-state index contributed by atoms with van der Waals surface area (Å²) in [4.78, 5) is 8.63. The van der Waals surface area contributed by atoms with E-state index in [1.807, 2.05) is 26.4 Å². The second kappa shape index (κ2) is 5.46. The molecule has 0 aliphatic rings. The van der Waals surface area contributed by atoms with Crippen LogP contribution in [0.25, 0.3) is 0 Å². The van der Waals surface area contributed by atoms with Crippen LogP contribution in [0.3, 0.4) is 0 Å². The largest absolute Gasteiger partial charge is 0.377 e. The normalized spacial score (nSPS) is 10.4. The van der Waals surface area contributed by atoms with Gasteiger partial charge < -0.3 is 15.4 Å². The summed E-state index contributed by atoms with van der Waals surface area (Å²) in [5.74, 6) is 2.06. The van der Waals surface area contributed by atoms with Crippen LogP contribution < -0.4 is 10.6 Å². The molecule has 0 fully saturated rings. The first-order chi connectivity index (χ1) is 8.71. The Labute approximate surface area is 105 Å². The van der Waals surface area contributed by atoms with Crippen molar-refractivity contribution in [2.45, 2.75) is 6.61 Å². The number of nitrogens with zero attached hydrogens (tertiary/aromatic N) is 4. The molecular weight excluding hydrogens is 232 g/mol. The van der Waals surface area contributed by atoms with E-state index in [1.165, 1.54) is 0 Å². The molecule has 2 rings (SSSR count). The zero-order valence-corrected chi connectivity index (χ0v) is 10.6. The Morgan fingerprint density at radius 3 is 2.72 bits per heavy atom. The summed E-state index contributed by atoms with van der Waals surface area (Å²) in [6.45, 7) is 0.372. The summed E-state index contributed by atoms with van der Waals surface area (Å²) in [5.41, 5.74) is 0.876. The number of ether oxygens (including phenoxy) is 1. The summed E-state index contributed by atoms with van der Waals surface area (Å²) in [6.07, 6.45) is 3.61. The fraction of sp³-hybridized carbons (Fsp3) is 0.364. The maximum atomic E-state index is 5.04. The third kappa shape index (κ3) is 2.95. The Kier molecular flexibility index (Phi) is 3.73. The highest BCUT2D eigenvalue weighted by atomic mass is 16.5. The van der Waals surface area contributed by atoms with Crippen molar-refractivity contribution in [1.82, 2.24) is 19.7 Å². The van der Waals surface area contributed by atoms with Crippen LogP contribution in [0.1, 0.15) is 5.82 Å². The predicted molar refractivity (Wildman–Crippen MR) is 68.8 cm³/mol. The number of methoxy groups -OCH3 is 1. The Balaban J connectivity index is 2.23. The molecule has 0 atom stereocenters. The highest BCUT2D eigenvalue weighted by molar-refractivity contribution is 5.57. The van der Waals surface area contributed by atoms with Crippen LogP contribution in [0.15, 0.2) is 18.5 Å². The molecule has 96 valence electrons. The van der Waals surface area contributed by atoms with Crippen molar-refractivity contribution in [3.05, 3.63) is 24.3 Å². The minimum atomic E-state index is 0.372. The van der Waals surface area contributed by atoms with E-state index in [-0.39, 0.29) is 0 Å². The molecule has 0 spiro atoms. The minimum absolute atomic E-state index is 0.372. The lowest BCUT2D eigenvalue weighted by Crippen LogP contribution is -2.04. The third-order valence-corrected chi connectivity index (χ3v) is 2.28. The number of hydrogen-bond acceptors (Lipinski definition) is 6. The van der Waals surface area contributed by atoms with Gasteiger partial charge >= 0.3 is 0 Å². The average molecular weight is 248 g/mol. The van der Waals surface area contributed by atoms with E-state index >= 15 is 0 Å². The molecule has 0 amide bonds. The number of aromatic nitrogens is 4. The van der Waals surface area contributed by atoms with Gasteiger partial charge in [0, 0.05) is 33.5 Å². The molecule has 7 nitrogen and oxygen atoms in total. The van der Waals surface area contributed by atoms with E-state index in [1.54, 1.807) is 18.0 Å². The summed E-state index contributed by atoms with van der Waals surface area (Å²) in [7, 11) is 5.29. The van der Waals surface area contributed by atoms with Crippen LogP contribution in [0.2, 0.25) is 0 Å². The monoisotopic (exact) mass is 248 g/mol. The van der Waals surface area contributed by atoms with Gasteiger partial charge in [-0.05, 0) is 0 Å². The van der Waals surface area contributed by atoms with Gasteiger partial charge in [-0.2, -0.15) is 5.10 Å². The third-order valence-electron chi connectivity index (χ3n) is 2.28. The average Bonchev–Trinajstić information content (AvgIpc) is 2.75. The lowest BCUT2D eigenvalue weighted by Gasteiger charge is -2.08. The SMILES string of the molecule is CNc1cc(Nc2cnn(C)c2)nc(COC)n1. The van der Waals surface area contributed by atoms with Crippen LogP contribution >= 0.6 is 0 Å². The first-order valence-corrected chi connectivity index (χ1v) is 5.51. The Bertz CT molecular complexity index is 524. The van der Waals surface area contributed by atoms with Crippen molar-refractivity contribution >= 4 is 17.3 Å². The van der Waals surface area contributed by atoms with Gasteiger partial charge in [0.2, 0.25) is 0 Å². The van der Waals surface area contributed by atoms with Gasteiger partial charge in [0.25, 0.3) is 0 Å². The Morgan fingerprint density at radius 2 is 2.11 bits per heavy atom. The van der Waals surface area contributed by atoms with Gasteiger partial charge in [0.05, 0.1) is 11.9 Å². The molecule has 7 heteroatoms. The molecule has 0 unspecified atom stereocenters. The zero-order chi connectivity index (χ0) is 13.0. The smallest absolute Gasteiger partial charge is 0.158 e. The molecule has 0 aliphatic heterocycles. The van der Waals surface area contributed by atoms with Crippen molar-refractivity contribution in [2.75, 3.05) is 24.8 Å². The summed E-state index contributed by atoms with van der Waals surface area (Å²) in [6, 6.07) is 1.83. The number of hydrogen-bond donors (Lipinski definition) is 2. The lowest BCUT2D eigenvalue weighted by atomic mass is 10.4. The molecule has 0 saturated carbocycles. The second-order valence-electron chi connectivity index (χ2n) is 3.77. The summed E-state index contributed by atoms with van der Waals surface area (Å²) in [5, 5.41) is 10.2. The topological polar surface area (TPSA) is 76.9 Å². The van der Waals surface area contributed by atoms with Crippen LogP contribution in [0.4, 0.5) is 17.3 Å². The van der Waals surface area contributed by atoms with E-state index in [4.69, 9.17) is 4.74 Å². The van der Waals surface area contributed by atoms with Gasteiger partial charge in [0.1, 0.15) is 18.2 Å². The number of nitrogens with one attached hydrogen (secondary N) is 2. The highest BCUT2D eigenvalue weighted by Crippen LogP contribution is 2.16.